The van der Waals surface area contributed by atoms with Crippen molar-refractivity contribution in [3.05, 3.63) is 34.9 Å². The first kappa shape index (κ1) is 19.7. The lowest BCUT2D eigenvalue weighted by Gasteiger charge is -2.36. The van der Waals surface area contributed by atoms with Gasteiger partial charge < -0.3 is 15.4 Å². The van der Waals surface area contributed by atoms with E-state index in [2.05, 4.69) is 16.0 Å². The third-order valence-corrected chi connectivity index (χ3v) is 4.22. The van der Waals surface area contributed by atoms with Gasteiger partial charge in [0.2, 0.25) is 5.91 Å². The Morgan fingerprint density at radius 2 is 2.28 bits per heavy atom. The highest BCUT2D eigenvalue weighted by Crippen LogP contribution is 2.24. The van der Waals surface area contributed by atoms with Crippen LogP contribution in [0.15, 0.2) is 24.3 Å². The lowest BCUT2D eigenvalue weighted by molar-refractivity contribution is -0.122. The van der Waals surface area contributed by atoms with Crippen LogP contribution in [0.2, 0.25) is 5.02 Å². The fourth-order valence-electron chi connectivity index (χ4n) is 2.88. The monoisotopic (exact) mass is 368 g/mol. The van der Waals surface area contributed by atoms with E-state index in [1.165, 1.54) is 0 Å². The molecule has 8 heteroatoms. The Bertz CT molecular complexity index is 599. The molecule has 3 amide bonds. The van der Waals surface area contributed by atoms with E-state index in [-0.39, 0.29) is 24.5 Å². The van der Waals surface area contributed by atoms with E-state index in [0.717, 1.165) is 18.7 Å². The number of ether oxygens (including phenoxy) is 1. The molecular formula is C17H25ClN4O3. The summed E-state index contributed by atoms with van der Waals surface area (Å²) in [4.78, 5) is 26.1. The summed E-state index contributed by atoms with van der Waals surface area (Å²) in [6.45, 7) is 4.57. The number of urea groups is 1. The zero-order valence-corrected chi connectivity index (χ0v) is 15.3. The van der Waals surface area contributed by atoms with Crippen LogP contribution in [0.1, 0.15) is 18.5 Å². The summed E-state index contributed by atoms with van der Waals surface area (Å²) < 4.78 is 4.95. The summed E-state index contributed by atoms with van der Waals surface area (Å²) in [5, 5.41) is 9.02. The molecule has 1 aliphatic rings. The van der Waals surface area contributed by atoms with E-state index < -0.39 is 6.03 Å². The van der Waals surface area contributed by atoms with Crippen LogP contribution in [-0.2, 0) is 9.53 Å². The average Bonchev–Trinajstić information content (AvgIpc) is 2.55. The highest BCUT2D eigenvalue weighted by Gasteiger charge is 2.26. The lowest BCUT2D eigenvalue weighted by Crippen LogP contribution is -2.52. The highest BCUT2D eigenvalue weighted by molar-refractivity contribution is 6.30. The number of hydrogen-bond donors (Lipinski definition) is 3. The van der Waals surface area contributed by atoms with Crippen molar-refractivity contribution in [3.8, 4) is 0 Å². The summed E-state index contributed by atoms with van der Waals surface area (Å²) in [5.41, 5.74) is 1.05. The average molecular weight is 369 g/mol. The van der Waals surface area contributed by atoms with Gasteiger partial charge in [-0.05, 0) is 24.6 Å². The van der Waals surface area contributed by atoms with Crippen molar-refractivity contribution in [2.24, 2.45) is 0 Å². The number of nitrogens with one attached hydrogen (secondary N) is 3. The quantitative estimate of drug-likeness (QED) is 0.701. The van der Waals surface area contributed by atoms with E-state index in [9.17, 15) is 9.59 Å². The van der Waals surface area contributed by atoms with Crippen molar-refractivity contribution in [1.82, 2.24) is 20.9 Å². The second-order valence-corrected chi connectivity index (χ2v) is 6.56. The predicted octanol–water partition coefficient (Wildman–Crippen LogP) is 1.15. The van der Waals surface area contributed by atoms with E-state index in [0.29, 0.717) is 18.2 Å². The SMILES string of the molecule is COCC(C)NC(=O)NC(=O)CN1CCNCC1c1cccc(Cl)c1. The molecule has 25 heavy (non-hydrogen) atoms. The Balaban J connectivity index is 1.92. The number of hydrogen-bond acceptors (Lipinski definition) is 5. The van der Waals surface area contributed by atoms with Crippen molar-refractivity contribution >= 4 is 23.5 Å². The van der Waals surface area contributed by atoms with Crippen LogP contribution in [0.3, 0.4) is 0 Å². The molecule has 3 N–H and O–H groups in total. The highest BCUT2D eigenvalue weighted by atomic mass is 35.5. The predicted molar refractivity (Wildman–Crippen MR) is 96.6 cm³/mol. The fourth-order valence-corrected chi connectivity index (χ4v) is 3.08. The van der Waals surface area contributed by atoms with Gasteiger partial charge in [0.15, 0.2) is 0 Å². The number of rotatable bonds is 6. The number of halogens is 1. The van der Waals surface area contributed by atoms with Crippen LogP contribution in [-0.4, -0.2) is 62.8 Å². The molecule has 0 aromatic heterocycles. The van der Waals surface area contributed by atoms with E-state index in [4.69, 9.17) is 16.3 Å². The molecule has 1 saturated heterocycles. The van der Waals surface area contributed by atoms with Crippen LogP contribution in [0.5, 0.6) is 0 Å². The topological polar surface area (TPSA) is 82.7 Å². The minimum atomic E-state index is -0.510. The number of benzene rings is 1. The zero-order valence-electron chi connectivity index (χ0n) is 14.5. The molecule has 1 heterocycles. The number of imide groups is 1. The second-order valence-electron chi connectivity index (χ2n) is 6.12. The Hall–Kier alpha value is -1.67. The third kappa shape index (κ3) is 6.28. The standard InChI is InChI=1S/C17H25ClN4O3/c1-12(11-25-2)20-17(24)21-16(23)10-22-7-6-19-9-15(22)13-4-3-5-14(18)8-13/h3-5,8,12,15,19H,6-7,9-11H2,1-2H3,(H2,20,21,23,24). The minimum absolute atomic E-state index is 0.0358. The van der Waals surface area contributed by atoms with E-state index in [1.807, 2.05) is 29.2 Å². The fraction of sp³-hybridized carbons (Fsp3) is 0.529. The maximum Gasteiger partial charge on any atom is 0.321 e. The number of amides is 3. The summed E-state index contributed by atoms with van der Waals surface area (Å²) in [5.74, 6) is -0.337. The van der Waals surface area contributed by atoms with Crippen molar-refractivity contribution < 1.29 is 14.3 Å². The van der Waals surface area contributed by atoms with Crippen LogP contribution in [0, 0.1) is 0 Å². The van der Waals surface area contributed by atoms with Gasteiger partial charge in [0.05, 0.1) is 19.2 Å². The molecule has 2 rings (SSSR count). The van der Waals surface area contributed by atoms with Gasteiger partial charge in [-0.25, -0.2) is 4.79 Å². The first-order valence-electron chi connectivity index (χ1n) is 8.29. The van der Waals surface area contributed by atoms with Gasteiger partial charge in [-0.1, -0.05) is 23.7 Å². The van der Waals surface area contributed by atoms with Gasteiger partial charge in [0.25, 0.3) is 0 Å². The zero-order chi connectivity index (χ0) is 18.2. The number of methoxy groups -OCH3 is 1. The summed E-state index contributed by atoms with van der Waals surface area (Å²) >= 11 is 6.08. The van der Waals surface area contributed by atoms with E-state index >= 15 is 0 Å². The molecule has 2 unspecified atom stereocenters. The summed E-state index contributed by atoms with van der Waals surface area (Å²) in [7, 11) is 1.56. The first-order valence-corrected chi connectivity index (χ1v) is 8.67. The molecule has 138 valence electrons. The smallest absolute Gasteiger partial charge is 0.321 e. The number of carbonyl (C=O) groups excluding carboxylic acids is 2. The Kier molecular flexibility index (Phi) is 7.64. The molecular weight excluding hydrogens is 344 g/mol. The van der Waals surface area contributed by atoms with Crippen molar-refractivity contribution in [3.63, 3.8) is 0 Å². The van der Waals surface area contributed by atoms with Crippen molar-refractivity contribution in [2.75, 3.05) is 39.9 Å². The maximum atomic E-state index is 12.2. The molecule has 0 bridgehead atoms. The second kappa shape index (κ2) is 9.72. The lowest BCUT2D eigenvalue weighted by atomic mass is 10.0. The molecule has 2 atom stereocenters. The maximum absolute atomic E-state index is 12.2. The third-order valence-electron chi connectivity index (χ3n) is 3.98. The molecule has 0 saturated carbocycles. The molecule has 1 fully saturated rings. The van der Waals surface area contributed by atoms with Crippen LogP contribution in [0.25, 0.3) is 0 Å². The number of nitrogens with zero attached hydrogens (tertiary/aromatic N) is 1. The van der Waals surface area contributed by atoms with Gasteiger partial charge in [-0.3, -0.25) is 15.0 Å². The van der Waals surface area contributed by atoms with E-state index in [1.54, 1.807) is 14.0 Å². The van der Waals surface area contributed by atoms with Crippen LogP contribution < -0.4 is 16.0 Å². The molecule has 0 aliphatic carbocycles. The molecule has 1 aromatic carbocycles. The van der Waals surface area contributed by atoms with Gasteiger partial charge in [-0.15, -0.1) is 0 Å². The normalized spacial score (nSPS) is 19.2. The molecule has 1 aliphatic heterocycles. The van der Waals surface area contributed by atoms with Crippen molar-refractivity contribution in [1.29, 1.82) is 0 Å². The van der Waals surface area contributed by atoms with Crippen LogP contribution in [0.4, 0.5) is 4.79 Å². The Morgan fingerprint density at radius 1 is 1.48 bits per heavy atom. The number of piperazine rings is 1. The Morgan fingerprint density at radius 3 is 3.00 bits per heavy atom. The van der Waals surface area contributed by atoms with Gasteiger partial charge in [0, 0.05) is 37.8 Å². The number of carbonyl (C=O) groups is 2. The van der Waals surface area contributed by atoms with Gasteiger partial charge in [0.1, 0.15) is 0 Å². The molecule has 0 radical (unpaired) electrons. The molecule has 7 nitrogen and oxygen atoms in total. The van der Waals surface area contributed by atoms with Crippen molar-refractivity contribution in [2.45, 2.75) is 19.0 Å². The largest absolute Gasteiger partial charge is 0.383 e. The summed E-state index contributed by atoms with van der Waals surface area (Å²) in [6.07, 6.45) is 0. The minimum Gasteiger partial charge on any atom is -0.383 e. The molecule has 1 aromatic rings. The Labute approximate surface area is 153 Å². The first-order chi connectivity index (χ1) is 12.0. The van der Waals surface area contributed by atoms with Gasteiger partial charge >= 0.3 is 6.03 Å². The molecule has 0 spiro atoms. The van der Waals surface area contributed by atoms with Crippen LogP contribution >= 0.6 is 11.6 Å². The summed E-state index contributed by atoms with van der Waals surface area (Å²) in [6, 6.07) is 6.98. The van der Waals surface area contributed by atoms with Gasteiger partial charge in [-0.2, -0.15) is 0 Å².